The van der Waals surface area contributed by atoms with E-state index in [0.29, 0.717) is 5.02 Å². The number of aliphatic hydroxyl groups excluding tert-OH is 1. The number of aryl methyl sites for hydroxylation is 2. The molecule has 0 fully saturated rings. The van der Waals surface area contributed by atoms with Crippen molar-refractivity contribution in [2.75, 3.05) is 0 Å². The standard InChI is InChI=1S/C17H19ClOS/c1-11-6-12(2)8-14(7-11)10-20-17-5-4-15(13(3)19)9-16(17)18/h4-9,13,19H,10H2,1-3H3. The summed E-state index contributed by atoms with van der Waals surface area (Å²) in [5.41, 5.74) is 4.74. The van der Waals surface area contributed by atoms with E-state index in [1.807, 2.05) is 18.2 Å². The zero-order valence-corrected chi connectivity index (χ0v) is 13.6. The van der Waals surface area contributed by atoms with Gasteiger partial charge in [-0.15, -0.1) is 11.8 Å². The largest absolute Gasteiger partial charge is 0.389 e. The van der Waals surface area contributed by atoms with Gasteiger partial charge in [-0.2, -0.15) is 0 Å². The molecule has 106 valence electrons. The zero-order chi connectivity index (χ0) is 14.7. The summed E-state index contributed by atoms with van der Waals surface area (Å²) in [6.45, 7) is 5.98. The molecule has 0 aliphatic rings. The number of halogens is 1. The number of rotatable bonds is 4. The molecule has 0 spiro atoms. The number of benzene rings is 2. The molecule has 3 heteroatoms. The lowest BCUT2D eigenvalue weighted by Gasteiger charge is -2.09. The van der Waals surface area contributed by atoms with Gasteiger partial charge in [0, 0.05) is 10.6 Å². The van der Waals surface area contributed by atoms with Gasteiger partial charge in [-0.05, 0) is 44.0 Å². The Kier molecular flexibility index (Phi) is 5.14. The highest BCUT2D eigenvalue weighted by molar-refractivity contribution is 7.98. The van der Waals surface area contributed by atoms with Crippen molar-refractivity contribution in [2.24, 2.45) is 0 Å². The third-order valence-corrected chi connectivity index (χ3v) is 4.68. The Morgan fingerprint density at radius 2 is 1.75 bits per heavy atom. The van der Waals surface area contributed by atoms with Crippen LogP contribution in [0.25, 0.3) is 0 Å². The highest BCUT2D eigenvalue weighted by Crippen LogP contribution is 2.32. The van der Waals surface area contributed by atoms with Crippen LogP contribution in [0.4, 0.5) is 0 Å². The molecule has 0 aromatic heterocycles. The maximum atomic E-state index is 9.54. The quantitative estimate of drug-likeness (QED) is 0.773. The summed E-state index contributed by atoms with van der Waals surface area (Å²) >= 11 is 7.99. The summed E-state index contributed by atoms with van der Waals surface area (Å²) in [4.78, 5) is 1.05. The number of hydrogen-bond acceptors (Lipinski definition) is 2. The highest BCUT2D eigenvalue weighted by atomic mass is 35.5. The molecule has 0 aliphatic heterocycles. The summed E-state index contributed by atoms with van der Waals surface area (Å²) < 4.78 is 0. The molecule has 1 atom stereocenters. The first-order valence-electron chi connectivity index (χ1n) is 6.63. The van der Waals surface area contributed by atoms with E-state index in [9.17, 15) is 5.11 Å². The van der Waals surface area contributed by atoms with Crippen molar-refractivity contribution in [2.45, 2.75) is 37.5 Å². The van der Waals surface area contributed by atoms with Crippen LogP contribution in [0.1, 0.15) is 35.3 Å². The molecular formula is C17H19ClOS. The van der Waals surface area contributed by atoms with Gasteiger partial charge >= 0.3 is 0 Å². The zero-order valence-electron chi connectivity index (χ0n) is 12.0. The molecule has 20 heavy (non-hydrogen) atoms. The van der Waals surface area contributed by atoms with Crippen LogP contribution in [-0.4, -0.2) is 5.11 Å². The fourth-order valence-electron chi connectivity index (χ4n) is 2.21. The Labute approximate surface area is 130 Å². The van der Waals surface area contributed by atoms with Crippen molar-refractivity contribution in [3.05, 3.63) is 63.7 Å². The van der Waals surface area contributed by atoms with Crippen molar-refractivity contribution in [3.63, 3.8) is 0 Å². The monoisotopic (exact) mass is 306 g/mol. The molecular weight excluding hydrogens is 288 g/mol. The predicted molar refractivity (Wildman–Crippen MR) is 87.6 cm³/mol. The molecule has 0 radical (unpaired) electrons. The van der Waals surface area contributed by atoms with Crippen LogP contribution < -0.4 is 0 Å². The van der Waals surface area contributed by atoms with E-state index in [0.717, 1.165) is 16.2 Å². The maximum Gasteiger partial charge on any atom is 0.0762 e. The Morgan fingerprint density at radius 3 is 2.30 bits per heavy atom. The Balaban J connectivity index is 2.11. The van der Waals surface area contributed by atoms with E-state index in [2.05, 4.69) is 32.0 Å². The molecule has 0 aliphatic carbocycles. The SMILES string of the molecule is Cc1cc(C)cc(CSc2ccc(C(C)O)cc2Cl)c1. The van der Waals surface area contributed by atoms with E-state index >= 15 is 0 Å². The minimum Gasteiger partial charge on any atom is -0.389 e. The van der Waals surface area contributed by atoms with Crippen LogP contribution >= 0.6 is 23.4 Å². The first-order valence-corrected chi connectivity index (χ1v) is 7.99. The third kappa shape index (κ3) is 4.02. The van der Waals surface area contributed by atoms with Crippen molar-refractivity contribution < 1.29 is 5.11 Å². The molecule has 1 nitrogen and oxygen atoms in total. The highest BCUT2D eigenvalue weighted by Gasteiger charge is 2.07. The molecule has 1 unspecified atom stereocenters. The van der Waals surface area contributed by atoms with Gasteiger partial charge in [0.15, 0.2) is 0 Å². The minimum absolute atomic E-state index is 0.481. The third-order valence-electron chi connectivity index (χ3n) is 3.11. The van der Waals surface area contributed by atoms with Gasteiger partial charge in [0.1, 0.15) is 0 Å². The fraction of sp³-hybridized carbons (Fsp3) is 0.294. The first-order chi connectivity index (χ1) is 9.45. The number of aliphatic hydroxyl groups is 1. The van der Waals surface area contributed by atoms with E-state index < -0.39 is 6.10 Å². The van der Waals surface area contributed by atoms with E-state index in [-0.39, 0.29) is 0 Å². The summed E-state index contributed by atoms with van der Waals surface area (Å²) in [5.74, 6) is 0.899. The van der Waals surface area contributed by atoms with E-state index in [1.165, 1.54) is 16.7 Å². The second kappa shape index (κ2) is 6.66. The molecule has 2 aromatic rings. The summed E-state index contributed by atoms with van der Waals surface area (Å²) in [5, 5.41) is 10.2. The van der Waals surface area contributed by atoms with Crippen LogP contribution in [-0.2, 0) is 5.75 Å². The average molecular weight is 307 g/mol. The summed E-state index contributed by atoms with van der Waals surface area (Å²) in [7, 11) is 0. The molecule has 2 aromatic carbocycles. The maximum absolute atomic E-state index is 9.54. The van der Waals surface area contributed by atoms with Gasteiger partial charge in [-0.3, -0.25) is 0 Å². The lowest BCUT2D eigenvalue weighted by molar-refractivity contribution is 0.199. The van der Waals surface area contributed by atoms with Gasteiger partial charge in [0.05, 0.1) is 11.1 Å². The van der Waals surface area contributed by atoms with Crippen molar-refractivity contribution >= 4 is 23.4 Å². The normalized spacial score (nSPS) is 12.4. The molecule has 0 heterocycles. The van der Waals surface area contributed by atoms with Crippen LogP contribution in [0.2, 0.25) is 5.02 Å². The summed E-state index contributed by atoms with van der Waals surface area (Å²) in [6, 6.07) is 12.4. The van der Waals surface area contributed by atoms with Crippen LogP contribution in [0.5, 0.6) is 0 Å². The average Bonchev–Trinajstić information content (AvgIpc) is 2.36. The van der Waals surface area contributed by atoms with Crippen molar-refractivity contribution in [1.29, 1.82) is 0 Å². The Bertz CT molecular complexity index is 588. The predicted octanol–water partition coefficient (Wildman–Crippen LogP) is 5.30. The second-order valence-electron chi connectivity index (χ2n) is 5.15. The van der Waals surface area contributed by atoms with Gasteiger partial charge in [-0.1, -0.05) is 47.0 Å². The molecule has 0 amide bonds. The summed E-state index contributed by atoms with van der Waals surface area (Å²) in [6.07, 6.45) is -0.481. The number of thioether (sulfide) groups is 1. The lowest BCUT2D eigenvalue weighted by atomic mass is 10.1. The van der Waals surface area contributed by atoms with Crippen molar-refractivity contribution in [1.82, 2.24) is 0 Å². The van der Waals surface area contributed by atoms with E-state index in [1.54, 1.807) is 18.7 Å². The molecule has 0 saturated heterocycles. The van der Waals surface area contributed by atoms with Gasteiger partial charge < -0.3 is 5.11 Å². The second-order valence-corrected chi connectivity index (χ2v) is 6.57. The van der Waals surface area contributed by atoms with Crippen LogP contribution in [0.15, 0.2) is 41.3 Å². The van der Waals surface area contributed by atoms with Crippen molar-refractivity contribution in [3.8, 4) is 0 Å². The molecule has 2 rings (SSSR count). The van der Waals surface area contributed by atoms with Crippen LogP contribution in [0, 0.1) is 13.8 Å². The molecule has 1 N–H and O–H groups in total. The Morgan fingerprint density at radius 1 is 1.10 bits per heavy atom. The number of hydrogen-bond donors (Lipinski definition) is 1. The molecule has 0 bridgehead atoms. The van der Waals surface area contributed by atoms with Gasteiger partial charge in [-0.25, -0.2) is 0 Å². The van der Waals surface area contributed by atoms with Crippen LogP contribution in [0.3, 0.4) is 0 Å². The first kappa shape index (κ1) is 15.4. The fourth-order valence-corrected chi connectivity index (χ4v) is 3.41. The van der Waals surface area contributed by atoms with Gasteiger partial charge in [0.2, 0.25) is 0 Å². The smallest absolute Gasteiger partial charge is 0.0762 e. The Hall–Kier alpha value is -0.960. The van der Waals surface area contributed by atoms with E-state index in [4.69, 9.17) is 11.6 Å². The van der Waals surface area contributed by atoms with Gasteiger partial charge in [0.25, 0.3) is 0 Å². The molecule has 0 saturated carbocycles. The minimum atomic E-state index is -0.481. The lowest BCUT2D eigenvalue weighted by Crippen LogP contribution is -1.91. The topological polar surface area (TPSA) is 20.2 Å².